The van der Waals surface area contributed by atoms with Crippen LogP contribution in [-0.2, 0) is 11.3 Å². The first-order valence-corrected chi connectivity index (χ1v) is 7.56. The van der Waals surface area contributed by atoms with E-state index in [0.29, 0.717) is 30.5 Å². The van der Waals surface area contributed by atoms with Gasteiger partial charge in [0, 0.05) is 19.6 Å². The van der Waals surface area contributed by atoms with E-state index in [2.05, 4.69) is 15.5 Å². The SMILES string of the molecule is Cc1ccc(CNC(=O)CN2C[C@H]3CNC[C@H]3C2)cc1F.Cl. The molecular formula is C16H23ClFN3O. The van der Waals surface area contributed by atoms with E-state index >= 15 is 0 Å². The van der Waals surface area contributed by atoms with Crippen LogP contribution in [0.15, 0.2) is 18.2 Å². The summed E-state index contributed by atoms with van der Waals surface area (Å²) in [6.07, 6.45) is 0. The average Bonchev–Trinajstić information content (AvgIpc) is 3.01. The largest absolute Gasteiger partial charge is 0.351 e. The van der Waals surface area contributed by atoms with Crippen LogP contribution >= 0.6 is 12.4 Å². The second kappa shape index (κ2) is 7.40. The van der Waals surface area contributed by atoms with Crippen molar-refractivity contribution in [3.8, 4) is 0 Å². The lowest BCUT2D eigenvalue weighted by Gasteiger charge is -2.16. The first kappa shape index (κ1) is 17.2. The Kier molecular flexibility index (Phi) is 5.78. The Balaban J connectivity index is 0.00000176. The number of hydrogen-bond acceptors (Lipinski definition) is 3. The van der Waals surface area contributed by atoms with Gasteiger partial charge in [0.1, 0.15) is 5.82 Å². The highest BCUT2D eigenvalue weighted by atomic mass is 35.5. The van der Waals surface area contributed by atoms with Crippen LogP contribution in [0.3, 0.4) is 0 Å². The van der Waals surface area contributed by atoms with Gasteiger partial charge in [-0.05, 0) is 49.0 Å². The Hall–Kier alpha value is -1.17. The van der Waals surface area contributed by atoms with E-state index in [-0.39, 0.29) is 24.1 Å². The molecule has 2 fully saturated rings. The molecular weight excluding hydrogens is 305 g/mol. The Morgan fingerprint density at radius 2 is 2.05 bits per heavy atom. The van der Waals surface area contributed by atoms with Gasteiger partial charge in [-0.1, -0.05) is 12.1 Å². The quantitative estimate of drug-likeness (QED) is 0.877. The van der Waals surface area contributed by atoms with Gasteiger partial charge >= 0.3 is 0 Å². The molecule has 2 saturated heterocycles. The van der Waals surface area contributed by atoms with Gasteiger partial charge in [0.2, 0.25) is 5.91 Å². The van der Waals surface area contributed by atoms with Gasteiger partial charge < -0.3 is 10.6 Å². The zero-order chi connectivity index (χ0) is 14.8. The van der Waals surface area contributed by atoms with Gasteiger partial charge in [-0.2, -0.15) is 0 Å². The summed E-state index contributed by atoms with van der Waals surface area (Å²) in [5.74, 6) is 1.19. The molecule has 1 amide bonds. The molecule has 3 rings (SSSR count). The number of rotatable bonds is 4. The number of carbonyl (C=O) groups is 1. The average molecular weight is 328 g/mol. The molecule has 2 aliphatic rings. The van der Waals surface area contributed by atoms with Crippen molar-refractivity contribution in [2.24, 2.45) is 11.8 Å². The van der Waals surface area contributed by atoms with Crippen molar-refractivity contribution in [1.29, 1.82) is 0 Å². The van der Waals surface area contributed by atoms with E-state index in [0.717, 1.165) is 31.7 Å². The molecule has 22 heavy (non-hydrogen) atoms. The molecule has 1 aromatic rings. The van der Waals surface area contributed by atoms with E-state index in [9.17, 15) is 9.18 Å². The van der Waals surface area contributed by atoms with Gasteiger partial charge in [0.05, 0.1) is 6.54 Å². The van der Waals surface area contributed by atoms with Crippen molar-refractivity contribution in [2.45, 2.75) is 13.5 Å². The molecule has 0 bridgehead atoms. The third-order valence-corrected chi connectivity index (χ3v) is 4.56. The molecule has 2 heterocycles. The lowest BCUT2D eigenvalue weighted by atomic mass is 10.0. The molecule has 2 N–H and O–H groups in total. The zero-order valence-electron chi connectivity index (χ0n) is 12.8. The molecule has 1 aromatic carbocycles. The Labute approximate surface area is 136 Å². The zero-order valence-corrected chi connectivity index (χ0v) is 13.6. The lowest BCUT2D eigenvalue weighted by molar-refractivity contribution is -0.122. The molecule has 122 valence electrons. The fourth-order valence-corrected chi connectivity index (χ4v) is 3.29. The fraction of sp³-hybridized carbons (Fsp3) is 0.562. The Morgan fingerprint density at radius 3 is 2.68 bits per heavy atom. The first-order chi connectivity index (χ1) is 10.1. The van der Waals surface area contributed by atoms with E-state index in [1.807, 2.05) is 6.07 Å². The highest BCUT2D eigenvalue weighted by Gasteiger charge is 2.36. The Morgan fingerprint density at radius 1 is 1.36 bits per heavy atom. The number of halogens is 2. The molecule has 0 aromatic heterocycles. The van der Waals surface area contributed by atoms with E-state index in [1.165, 1.54) is 6.07 Å². The minimum Gasteiger partial charge on any atom is -0.351 e. The van der Waals surface area contributed by atoms with Gasteiger partial charge in [0.15, 0.2) is 0 Å². The van der Waals surface area contributed by atoms with Crippen molar-refractivity contribution in [3.05, 3.63) is 35.1 Å². The summed E-state index contributed by atoms with van der Waals surface area (Å²) in [5, 5.41) is 6.27. The molecule has 4 nitrogen and oxygen atoms in total. The Bertz CT molecular complexity index is 528. The van der Waals surface area contributed by atoms with Gasteiger partial charge in [0.25, 0.3) is 0 Å². The summed E-state index contributed by atoms with van der Waals surface area (Å²) in [6.45, 7) is 6.72. The number of amides is 1. The topological polar surface area (TPSA) is 44.4 Å². The maximum absolute atomic E-state index is 13.4. The first-order valence-electron chi connectivity index (χ1n) is 7.56. The number of nitrogens with one attached hydrogen (secondary N) is 2. The summed E-state index contributed by atoms with van der Waals surface area (Å²) >= 11 is 0. The van der Waals surface area contributed by atoms with E-state index in [1.54, 1.807) is 13.0 Å². The monoisotopic (exact) mass is 327 g/mol. The lowest BCUT2D eigenvalue weighted by Crippen LogP contribution is -2.37. The van der Waals surface area contributed by atoms with Crippen molar-refractivity contribution < 1.29 is 9.18 Å². The fourth-order valence-electron chi connectivity index (χ4n) is 3.29. The van der Waals surface area contributed by atoms with Crippen LogP contribution in [0.1, 0.15) is 11.1 Å². The summed E-state index contributed by atoms with van der Waals surface area (Å²) in [6, 6.07) is 5.08. The van der Waals surface area contributed by atoms with Gasteiger partial charge in [-0.15, -0.1) is 12.4 Å². The minimum absolute atomic E-state index is 0. The summed E-state index contributed by atoms with van der Waals surface area (Å²) in [5.41, 5.74) is 1.43. The van der Waals surface area contributed by atoms with Crippen LogP contribution < -0.4 is 10.6 Å². The minimum atomic E-state index is -0.221. The molecule has 0 aliphatic carbocycles. The molecule has 2 aliphatic heterocycles. The molecule has 0 radical (unpaired) electrons. The van der Waals surface area contributed by atoms with Crippen LogP contribution in [-0.4, -0.2) is 43.5 Å². The summed E-state index contributed by atoms with van der Waals surface area (Å²) in [7, 11) is 0. The van der Waals surface area contributed by atoms with Gasteiger partial charge in [-0.25, -0.2) is 4.39 Å². The molecule has 0 unspecified atom stereocenters. The van der Waals surface area contributed by atoms with Crippen molar-refractivity contribution in [3.63, 3.8) is 0 Å². The van der Waals surface area contributed by atoms with Crippen molar-refractivity contribution in [1.82, 2.24) is 15.5 Å². The van der Waals surface area contributed by atoms with Crippen LogP contribution in [0.5, 0.6) is 0 Å². The highest BCUT2D eigenvalue weighted by molar-refractivity contribution is 5.85. The number of fused-ring (bicyclic) bond motifs is 1. The number of benzene rings is 1. The number of hydrogen-bond donors (Lipinski definition) is 2. The predicted molar refractivity (Wildman–Crippen MR) is 86.5 cm³/mol. The second-order valence-electron chi connectivity index (χ2n) is 6.23. The second-order valence-corrected chi connectivity index (χ2v) is 6.23. The van der Waals surface area contributed by atoms with Gasteiger partial charge in [-0.3, -0.25) is 9.69 Å². The summed E-state index contributed by atoms with van der Waals surface area (Å²) < 4.78 is 13.4. The maximum atomic E-state index is 13.4. The smallest absolute Gasteiger partial charge is 0.234 e. The molecule has 2 atom stereocenters. The van der Waals surface area contributed by atoms with Crippen molar-refractivity contribution >= 4 is 18.3 Å². The number of carbonyl (C=O) groups excluding carboxylic acids is 1. The molecule has 0 saturated carbocycles. The number of nitrogens with zero attached hydrogens (tertiary/aromatic N) is 1. The van der Waals surface area contributed by atoms with Crippen LogP contribution in [0.25, 0.3) is 0 Å². The normalized spacial score (nSPS) is 23.9. The standard InChI is InChI=1S/C16H22FN3O.ClH/c1-11-2-3-12(4-15(11)17)5-19-16(21)10-20-8-13-6-18-7-14(13)9-20;/h2-4,13-14,18H,5-10H2,1H3,(H,19,21);1H/t13-,14+;. The van der Waals surface area contributed by atoms with Crippen LogP contribution in [0.2, 0.25) is 0 Å². The van der Waals surface area contributed by atoms with E-state index in [4.69, 9.17) is 0 Å². The predicted octanol–water partition coefficient (Wildman–Crippen LogP) is 1.32. The number of aryl methyl sites for hydroxylation is 1. The van der Waals surface area contributed by atoms with Crippen LogP contribution in [0, 0.1) is 24.6 Å². The molecule has 6 heteroatoms. The third kappa shape index (κ3) is 3.97. The number of likely N-dealkylation sites (tertiary alicyclic amines) is 1. The summed E-state index contributed by atoms with van der Waals surface area (Å²) in [4.78, 5) is 14.2. The van der Waals surface area contributed by atoms with E-state index < -0.39 is 0 Å². The molecule has 0 spiro atoms. The maximum Gasteiger partial charge on any atom is 0.234 e. The van der Waals surface area contributed by atoms with Crippen molar-refractivity contribution in [2.75, 3.05) is 32.7 Å². The third-order valence-electron chi connectivity index (χ3n) is 4.56. The highest BCUT2D eigenvalue weighted by Crippen LogP contribution is 2.25. The van der Waals surface area contributed by atoms with Crippen LogP contribution in [0.4, 0.5) is 4.39 Å².